The summed E-state index contributed by atoms with van der Waals surface area (Å²) < 4.78 is 30.2. The van der Waals surface area contributed by atoms with Crippen molar-refractivity contribution in [2.24, 2.45) is 0 Å². The molecule has 182 valence electrons. The van der Waals surface area contributed by atoms with E-state index >= 15 is 0 Å². The van der Waals surface area contributed by atoms with Gasteiger partial charge in [0.25, 0.3) is 10.0 Å². The summed E-state index contributed by atoms with van der Waals surface area (Å²) in [5, 5.41) is 25.4. The first kappa shape index (κ1) is 22.8. The van der Waals surface area contributed by atoms with Crippen molar-refractivity contribution in [3.05, 3.63) is 103 Å². The number of para-hydroxylation sites is 1. The Morgan fingerprint density at radius 3 is 2.22 bits per heavy atom. The summed E-state index contributed by atoms with van der Waals surface area (Å²) in [4.78, 5) is 4.53. The third-order valence-electron chi connectivity index (χ3n) is 6.55. The van der Waals surface area contributed by atoms with Gasteiger partial charge in [0.15, 0.2) is 0 Å². The minimum Gasteiger partial charge on any atom is -0.507 e. The van der Waals surface area contributed by atoms with Crippen LogP contribution in [0.3, 0.4) is 0 Å². The molecule has 0 radical (unpaired) electrons. The lowest BCUT2D eigenvalue weighted by Gasteiger charge is -2.17. The maximum Gasteiger partial charge on any atom is 0.264 e. The number of aromatic nitrogens is 1. The molecule has 3 N–H and O–H groups in total. The molecule has 37 heavy (non-hydrogen) atoms. The van der Waals surface area contributed by atoms with Crippen LogP contribution in [0.1, 0.15) is 5.69 Å². The minimum atomic E-state index is -4.07. The molecule has 0 unspecified atom stereocenters. The topological polar surface area (TPSA) is 99.5 Å². The molecule has 0 amide bonds. The quantitative estimate of drug-likeness (QED) is 0.230. The molecular weight excluding hydrogens is 484 g/mol. The molecule has 6 rings (SSSR count). The lowest BCUT2D eigenvalue weighted by molar-refractivity contribution is 0.472. The molecule has 1 heterocycles. The molecule has 0 spiro atoms. The van der Waals surface area contributed by atoms with Crippen molar-refractivity contribution in [2.45, 2.75) is 11.8 Å². The van der Waals surface area contributed by atoms with E-state index in [-0.39, 0.29) is 22.1 Å². The summed E-state index contributed by atoms with van der Waals surface area (Å²) in [6, 6.07) is 28.2. The number of phenolic OH excluding ortho intramolecular Hbond substituents is 2. The number of nitrogens with zero attached hydrogens (tertiary/aromatic N) is 1. The molecule has 0 aliphatic rings. The van der Waals surface area contributed by atoms with Crippen molar-refractivity contribution >= 4 is 48.2 Å². The lowest BCUT2D eigenvalue weighted by atomic mass is 9.93. The van der Waals surface area contributed by atoms with Crippen molar-refractivity contribution in [2.75, 3.05) is 4.72 Å². The lowest BCUT2D eigenvalue weighted by Crippen LogP contribution is -2.14. The highest BCUT2D eigenvalue weighted by Gasteiger charge is 2.23. The summed E-state index contributed by atoms with van der Waals surface area (Å²) in [7, 11) is -4.07. The Hall–Kier alpha value is -4.62. The average molecular weight is 507 g/mol. The van der Waals surface area contributed by atoms with Crippen LogP contribution in [0.5, 0.6) is 11.5 Å². The van der Waals surface area contributed by atoms with Gasteiger partial charge in [0, 0.05) is 33.0 Å². The molecule has 0 aliphatic heterocycles. The molecule has 0 bridgehead atoms. The standard InChI is InChI=1S/C30H22N2O4S/c1-18-13-14-20-8-6-12-27(29(20)31-18)37(35,36)32-25-17-24(30(34)23-11-5-4-10-22(23)25)28-21-9-3-2-7-19(21)15-16-26(28)33/h2-17,32-34H,1H3. The number of nitrogens with one attached hydrogen (secondary N) is 1. The Labute approximate surface area is 213 Å². The van der Waals surface area contributed by atoms with E-state index in [0.717, 1.165) is 10.8 Å². The normalized spacial score (nSPS) is 11.8. The fourth-order valence-electron chi connectivity index (χ4n) is 4.81. The van der Waals surface area contributed by atoms with E-state index in [4.69, 9.17) is 0 Å². The second-order valence-corrected chi connectivity index (χ2v) is 10.6. The zero-order chi connectivity index (χ0) is 25.7. The second kappa shape index (κ2) is 8.50. The van der Waals surface area contributed by atoms with Crippen LogP contribution < -0.4 is 4.72 Å². The molecule has 5 aromatic carbocycles. The van der Waals surface area contributed by atoms with Gasteiger partial charge in [-0.3, -0.25) is 9.71 Å². The molecule has 1 aromatic heterocycles. The van der Waals surface area contributed by atoms with Crippen molar-refractivity contribution in [1.29, 1.82) is 0 Å². The van der Waals surface area contributed by atoms with Crippen LogP contribution in [-0.4, -0.2) is 23.6 Å². The highest BCUT2D eigenvalue weighted by Crippen LogP contribution is 2.46. The SMILES string of the molecule is Cc1ccc2cccc(S(=O)(=O)Nc3cc(-c4c(O)ccc5ccccc45)c(O)c4ccccc34)c2n1. The van der Waals surface area contributed by atoms with E-state index in [1.54, 1.807) is 48.5 Å². The van der Waals surface area contributed by atoms with Crippen LogP contribution in [0, 0.1) is 6.92 Å². The number of fused-ring (bicyclic) bond motifs is 3. The molecule has 0 saturated carbocycles. The van der Waals surface area contributed by atoms with Gasteiger partial charge in [0.2, 0.25) is 0 Å². The van der Waals surface area contributed by atoms with Crippen molar-refractivity contribution in [1.82, 2.24) is 4.98 Å². The van der Waals surface area contributed by atoms with E-state index in [1.807, 2.05) is 49.4 Å². The smallest absolute Gasteiger partial charge is 0.264 e. The Morgan fingerprint density at radius 1 is 0.730 bits per heavy atom. The molecule has 6 nitrogen and oxygen atoms in total. The predicted octanol–water partition coefficient (Wildman–Crippen LogP) is 6.73. The fourth-order valence-corrected chi connectivity index (χ4v) is 6.06. The van der Waals surface area contributed by atoms with Gasteiger partial charge >= 0.3 is 0 Å². The van der Waals surface area contributed by atoms with Crippen LogP contribution in [0.25, 0.3) is 43.6 Å². The Balaban J connectivity index is 1.60. The molecule has 0 fully saturated rings. The number of aromatic hydroxyl groups is 2. The first-order valence-corrected chi connectivity index (χ1v) is 13.2. The van der Waals surface area contributed by atoms with Gasteiger partial charge in [-0.2, -0.15) is 0 Å². The highest BCUT2D eigenvalue weighted by molar-refractivity contribution is 7.93. The van der Waals surface area contributed by atoms with Gasteiger partial charge in [-0.05, 0) is 42.0 Å². The van der Waals surface area contributed by atoms with Gasteiger partial charge < -0.3 is 10.2 Å². The van der Waals surface area contributed by atoms with E-state index in [2.05, 4.69) is 9.71 Å². The Kier molecular flexibility index (Phi) is 5.24. The van der Waals surface area contributed by atoms with Gasteiger partial charge in [-0.15, -0.1) is 0 Å². The van der Waals surface area contributed by atoms with Crippen molar-refractivity contribution < 1.29 is 18.6 Å². The first-order valence-electron chi connectivity index (χ1n) is 11.7. The van der Waals surface area contributed by atoms with Crippen molar-refractivity contribution in [3.63, 3.8) is 0 Å². The second-order valence-electron chi connectivity index (χ2n) is 8.93. The van der Waals surface area contributed by atoms with Gasteiger partial charge in [-0.1, -0.05) is 72.8 Å². The number of anilines is 1. The number of phenols is 2. The van der Waals surface area contributed by atoms with Crippen LogP contribution in [0.2, 0.25) is 0 Å². The van der Waals surface area contributed by atoms with E-state index in [0.29, 0.717) is 38.5 Å². The third-order valence-corrected chi connectivity index (χ3v) is 7.95. The molecule has 0 saturated heterocycles. The summed E-state index contributed by atoms with van der Waals surface area (Å²) >= 11 is 0. The molecule has 0 aliphatic carbocycles. The molecule has 6 aromatic rings. The number of benzene rings is 5. The third kappa shape index (κ3) is 3.80. The Bertz CT molecular complexity index is 1970. The van der Waals surface area contributed by atoms with E-state index < -0.39 is 10.0 Å². The Morgan fingerprint density at radius 2 is 1.41 bits per heavy atom. The fraction of sp³-hybridized carbons (Fsp3) is 0.0333. The zero-order valence-electron chi connectivity index (χ0n) is 19.8. The summed E-state index contributed by atoms with van der Waals surface area (Å²) in [5.74, 6) is -0.0699. The van der Waals surface area contributed by atoms with Crippen molar-refractivity contribution in [3.8, 4) is 22.6 Å². The number of pyridine rings is 1. The first-order chi connectivity index (χ1) is 17.8. The van der Waals surface area contributed by atoms with Crippen LogP contribution in [0.15, 0.2) is 102 Å². The zero-order valence-corrected chi connectivity index (χ0v) is 20.6. The van der Waals surface area contributed by atoms with Gasteiger partial charge in [0.05, 0.1) is 11.2 Å². The summed E-state index contributed by atoms with van der Waals surface area (Å²) in [6.45, 7) is 1.81. The number of sulfonamides is 1. The van der Waals surface area contributed by atoms with E-state index in [1.165, 1.54) is 6.07 Å². The maximum atomic E-state index is 13.7. The number of aryl methyl sites for hydroxylation is 1. The monoisotopic (exact) mass is 506 g/mol. The number of hydrogen-bond acceptors (Lipinski definition) is 5. The number of hydrogen-bond donors (Lipinski definition) is 3. The number of rotatable bonds is 4. The van der Waals surface area contributed by atoms with Gasteiger partial charge in [0.1, 0.15) is 16.4 Å². The maximum absolute atomic E-state index is 13.7. The largest absolute Gasteiger partial charge is 0.507 e. The summed E-state index contributed by atoms with van der Waals surface area (Å²) in [6.07, 6.45) is 0. The van der Waals surface area contributed by atoms with E-state index in [9.17, 15) is 18.6 Å². The minimum absolute atomic E-state index is 0.0215. The van der Waals surface area contributed by atoms with Gasteiger partial charge in [-0.25, -0.2) is 8.42 Å². The van der Waals surface area contributed by atoms with Crippen LogP contribution >= 0.6 is 0 Å². The molecular formula is C30H22N2O4S. The van der Waals surface area contributed by atoms with Crippen LogP contribution in [-0.2, 0) is 10.0 Å². The molecule has 7 heteroatoms. The average Bonchev–Trinajstić information content (AvgIpc) is 2.90. The van der Waals surface area contributed by atoms with Crippen LogP contribution in [0.4, 0.5) is 5.69 Å². The molecule has 0 atom stereocenters. The summed E-state index contributed by atoms with van der Waals surface area (Å²) in [5.41, 5.74) is 2.10. The highest BCUT2D eigenvalue weighted by atomic mass is 32.2. The predicted molar refractivity (Wildman–Crippen MR) is 148 cm³/mol.